The van der Waals surface area contributed by atoms with Crippen LogP contribution in [0.1, 0.15) is 31.4 Å². The van der Waals surface area contributed by atoms with Crippen molar-refractivity contribution in [3.63, 3.8) is 0 Å². The van der Waals surface area contributed by atoms with Crippen LogP contribution in [-0.4, -0.2) is 44.9 Å². The van der Waals surface area contributed by atoms with Crippen LogP contribution in [0.5, 0.6) is 11.5 Å². The van der Waals surface area contributed by atoms with Crippen molar-refractivity contribution in [1.82, 2.24) is 9.62 Å². The Morgan fingerprint density at radius 3 is 2.47 bits per heavy atom. The standard InChI is InChI=1S/C22H24Cl2N2O5S/c1-14(16-2-5-19-20(12-16)31-11-10-30-19)25-22(27)15-6-8-26(9-7-15)32(28,29)21-13-17(23)3-4-18(21)24/h2-5,12-15H,6-11H2,1H3,(H,25,27)/t14-/m0/s1. The van der Waals surface area contributed by atoms with Gasteiger partial charge >= 0.3 is 0 Å². The summed E-state index contributed by atoms with van der Waals surface area (Å²) in [5.74, 6) is 1.01. The van der Waals surface area contributed by atoms with E-state index >= 15 is 0 Å². The summed E-state index contributed by atoms with van der Waals surface area (Å²) >= 11 is 12.0. The quantitative estimate of drug-likeness (QED) is 0.672. The van der Waals surface area contributed by atoms with Crippen molar-refractivity contribution in [3.8, 4) is 11.5 Å². The zero-order chi connectivity index (χ0) is 22.9. The first kappa shape index (κ1) is 23.2. The van der Waals surface area contributed by atoms with E-state index in [1.54, 1.807) is 6.07 Å². The number of benzene rings is 2. The monoisotopic (exact) mass is 498 g/mol. The molecule has 10 heteroatoms. The van der Waals surface area contributed by atoms with E-state index in [0.717, 1.165) is 5.56 Å². The fourth-order valence-corrected chi connectivity index (χ4v) is 6.12. The molecule has 1 fully saturated rings. The Morgan fingerprint density at radius 1 is 1.06 bits per heavy atom. The molecular formula is C22H24Cl2N2O5S. The highest BCUT2D eigenvalue weighted by Gasteiger charge is 2.33. The molecule has 2 heterocycles. The van der Waals surface area contributed by atoms with E-state index < -0.39 is 10.0 Å². The lowest BCUT2D eigenvalue weighted by molar-refractivity contribution is -0.126. The Morgan fingerprint density at radius 2 is 1.75 bits per heavy atom. The Balaban J connectivity index is 1.37. The van der Waals surface area contributed by atoms with Crippen molar-refractivity contribution in [2.45, 2.75) is 30.7 Å². The second-order valence-corrected chi connectivity index (χ2v) is 10.6. The number of carbonyl (C=O) groups is 1. The maximum absolute atomic E-state index is 13.0. The average Bonchev–Trinajstić information content (AvgIpc) is 2.80. The topological polar surface area (TPSA) is 84.9 Å². The molecule has 2 aromatic carbocycles. The van der Waals surface area contributed by atoms with Crippen LogP contribution in [0, 0.1) is 5.92 Å². The van der Waals surface area contributed by atoms with E-state index in [9.17, 15) is 13.2 Å². The van der Waals surface area contributed by atoms with Crippen molar-refractivity contribution in [2.24, 2.45) is 5.92 Å². The number of piperidine rings is 1. The maximum atomic E-state index is 13.0. The van der Waals surface area contributed by atoms with Crippen LogP contribution >= 0.6 is 23.2 Å². The fraction of sp³-hybridized carbons (Fsp3) is 0.409. The molecule has 4 rings (SSSR count). The van der Waals surface area contributed by atoms with Gasteiger partial charge in [0.05, 0.1) is 11.1 Å². The van der Waals surface area contributed by atoms with Crippen LogP contribution in [0.3, 0.4) is 0 Å². The van der Waals surface area contributed by atoms with Gasteiger partial charge < -0.3 is 14.8 Å². The zero-order valence-corrected chi connectivity index (χ0v) is 19.8. The highest BCUT2D eigenvalue weighted by molar-refractivity contribution is 7.89. The summed E-state index contributed by atoms with van der Waals surface area (Å²) in [4.78, 5) is 12.8. The predicted octanol–water partition coefficient (Wildman–Crippen LogP) is 4.04. The minimum Gasteiger partial charge on any atom is -0.486 e. The average molecular weight is 499 g/mol. The smallest absolute Gasteiger partial charge is 0.244 e. The Kier molecular flexibility index (Phi) is 6.86. The van der Waals surface area contributed by atoms with Gasteiger partial charge in [-0.2, -0.15) is 4.31 Å². The molecule has 172 valence electrons. The first-order chi connectivity index (χ1) is 15.3. The SMILES string of the molecule is C[C@H](NC(=O)C1CCN(S(=O)(=O)c2cc(Cl)ccc2Cl)CC1)c1ccc2c(c1)OCCO2. The summed E-state index contributed by atoms with van der Waals surface area (Å²) in [6, 6.07) is 9.78. The van der Waals surface area contributed by atoms with Gasteiger partial charge in [0.25, 0.3) is 0 Å². The number of carbonyl (C=O) groups excluding carboxylic acids is 1. The van der Waals surface area contributed by atoms with Crippen LogP contribution in [0.4, 0.5) is 0 Å². The number of sulfonamides is 1. The van der Waals surface area contributed by atoms with Crippen molar-refractivity contribution >= 4 is 39.1 Å². The van der Waals surface area contributed by atoms with Crippen molar-refractivity contribution in [3.05, 3.63) is 52.0 Å². The molecule has 0 saturated carbocycles. The Bertz CT molecular complexity index is 1120. The molecule has 2 aromatic rings. The molecule has 0 aromatic heterocycles. The third kappa shape index (κ3) is 4.83. The molecule has 0 aliphatic carbocycles. The molecule has 0 bridgehead atoms. The second kappa shape index (κ2) is 9.47. The molecular weight excluding hydrogens is 475 g/mol. The van der Waals surface area contributed by atoms with Crippen LogP contribution in [0.15, 0.2) is 41.3 Å². The van der Waals surface area contributed by atoms with E-state index in [4.69, 9.17) is 32.7 Å². The summed E-state index contributed by atoms with van der Waals surface area (Å²) in [5, 5.41) is 3.46. The number of ether oxygens (including phenoxy) is 2. The third-order valence-corrected chi connectivity index (χ3v) is 8.38. The van der Waals surface area contributed by atoms with Gasteiger partial charge in [0.2, 0.25) is 15.9 Å². The first-order valence-corrected chi connectivity index (χ1v) is 12.6. The third-order valence-electron chi connectivity index (χ3n) is 5.76. The molecule has 1 N–H and O–H groups in total. The summed E-state index contributed by atoms with van der Waals surface area (Å²) < 4.78 is 38.5. The van der Waals surface area contributed by atoms with Crippen LogP contribution in [0.2, 0.25) is 10.0 Å². The van der Waals surface area contributed by atoms with Gasteiger partial charge in [-0.1, -0.05) is 29.3 Å². The normalized spacial score (nSPS) is 18.2. The summed E-state index contributed by atoms with van der Waals surface area (Å²) in [5.41, 5.74) is 0.915. The van der Waals surface area contributed by atoms with Crippen LogP contribution in [-0.2, 0) is 14.8 Å². The Hall–Kier alpha value is -2.00. The number of halogens is 2. The van der Waals surface area contributed by atoms with E-state index in [1.807, 2.05) is 25.1 Å². The maximum Gasteiger partial charge on any atom is 0.244 e. The molecule has 1 saturated heterocycles. The number of hydrogen-bond donors (Lipinski definition) is 1. The van der Waals surface area contributed by atoms with E-state index in [-0.39, 0.29) is 40.9 Å². The minimum atomic E-state index is -3.78. The number of nitrogens with zero attached hydrogens (tertiary/aromatic N) is 1. The molecule has 2 aliphatic rings. The molecule has 0 unspecified atom stereocenters. The van der Waals surface area contributed by atoms with E-state index in [0.29, 0.717) is 42.6 Å². The highest BCUT2D eigenvalue weighted by atomic mass is 35.5. The van der Waals surface area contributed by atoms with E-state index in [2.05, 4.69) is 5.32 Å². The molecule has 2 aliphatic heterocycles. The fourth-order valence-electron chi connectivity index (χ4n) is 3.92. The Labute approximate surface area is 197 Å². The lowest BCUT2D eigenvalue weighted by Gasteiger charge is -2.31. The molecule has 1 amide bonds. The summed E-state index contributed by atoms with van der Waals surface area (Å²) in [6.45, 7) is 3.41. The zero-order valence-electron chi connectivity index (χ0n) is 17.5. The predicted molar refractivity (Wildman–Crippen MR) is 122 cm³/mol. The van der Waals surface area contributed by atoms with Crippen LogP contribution in [0.25, 0.3) is 0 Å². The lowest BCUT2D eigenvalue weighted by Crippen LogP contribution is -2.43. The van der Waals surface area contributed by atoms with Crippen molar-refractivity contribution in [2.75, 3.05) is 26.3 Å². The van der Waals surface area contributed by atoms with Gasteiger partial charge in [-0.05, 0) is 55.7 Å². The van der Waals surface area contributed by atoms with Gasteiger partial charge in [0, 0.05) is 24.0 Å². The molecule has 7 nitrogen and oxygen atoms in total. The number of amides is 1. The molecule has 0 spiro atoms. The summed E-state index contributed by atoms with van der Waals surface area (Å²) in [7, 11) is -3.78. The largest absolute Gasteiger partial charge is 0.486 e. The highest BCUT2D eigenvalue weighted by Crippen LogP contribution is 2.33. The van der Waals surface area contributed by atoms with Gasteiger partial charge in [0.1, 0.15) is 18.1 Å². The molecule has 32 heavy (non-hydrogen) atoms. The minimum absolute atomic E-state index is 0.0122. The summed E-state index contributed by atoms with van der Waals surface area (Å²) in [6.07, 6.45) is 0.855. The van der Waals surface area contributed by atoms with Crippen molar-refractivity contribution < 1.29 is 22.7 Å². The lowest BCUT2D eigenvalue weighted by atomic mass is 9.96. The second-order valence-electron chi connectivity index (χ2n) is 7.89. The van der Waals surface area contributed by atoms with Gasteiger partial charge in [0.15, 0.2) is 11.5 Å². The van der Waals surface area contributed by atoms with E-state index in [1.165, 1.54) is 16.4 Å². The number of hydrogen-bond acceptors (Lipinski definition) is 5. The van der Waals surface area contributed by atoms with Gasteiger partial charge in [-0.15, -0.1) is 0 Å². The molecule has 0 radical (unpaired) electrons. The molecule has 1 atom stereocenters. The van der Waals surface area contributed by atoms with Crippen molar-refractivity contribution in [1.29, 1.82) is 0 Å². The number of rotatable bonds is 5. The number of nitrogens with one attached hydrogen (secondary N) is 1. The number of fused-ring (bicyclic) bond motifs is 1. The van der Waals surface area contributed by atoms with Crippen LogP contribution < -0.4 is 14.8 Å². The van der Waals surface area contributed by atoms with Gasteiger partial charge in [-0.25, -0.2) is 8.42 Å². The van der Waals surface area contributed by atoms with Gasteiger partial charge in [-0.3, -0.25) is 4.79 Å². The first-order valence-electron chi connectivity index (χ1n) is 10.4.